The van der Waals surface area contributed by atoms with Crippen LogP contribution in [0.5, 0.6) is 0 Å². The Bertz CT molecular complexity index is 913. The van der Waals surface area contributed by atoms with Crippen LogP contribution in [0.4, 0.5) is 15.8 Å². The second-order valence-corrected chi connectivity index (χ2v) is 7.30. The molecule has 1 heterocycles. The minimum atomic E-state index is -0.287. The average Bonchev–Trinajstić information content (AvgIpc) is 3.10. The van der Waals surface area contributed by atoms with E-state index in [4.69, 9.17) is 11.1 Å². The number of thiophene rings is 1. The van der Waals surface area contributed by atoms with E-state index in [0.29, 0.717) is 41.9 Å². The number of nitrogen functional groups attached to an aromatic ring is 1. The summed E-state index contributed by atoms with van der Waals surface area (Å²) in [6.07, 6.45) is 4.56. The van der Waals surface area contributed by atoms with Crippen molar-refractivity contribution in [1.29, 1.82) is 0 Å². The van der Waals surface area contributed by atoms with E-state index >= 15 is 0 Å². The predicted octanol–water partition coefficient (Wildman–Crippen LogP) is 2.94. The number of nitrogens with one attached hydrogen (secondary N) is 1. The van der Waals surface area contributed by atoms with E-state index in [-0.39, 0.29) is 11.7 Å². The number of aryl methyl sites for hydroxylation is 1. The Labute approximate surface area is 155 Å². The topological polar surface area (TPSA) is 80.7 Å². The highest BCUT2D eigenvalue weighted by molar-refractivity contribution is 7.10. The molecule has 134 valence electrons. The van der Waals surface area contributed by atoms with E-state index in [1.165, 1.54) is 12.2 Å². The monoisotopic (exact) mass is 370 g/mol. The maximum Gasteiger partial charge on any atom is 0.229 e. The number of allylic oxidation sites excluding steroid dienone is 4. The molecule has 1 aliphatic rings. The van der Waals surface area contributed by atoms with Crippen molar-refractivity contribution in [2.24, 2.45) is 0 Å². The van der Waals surface area contributed by atoms with Gasteiger partial charge in [0.25, 0.3) is 0 Å². The Morgan fingerprint density at radius 3 is 2.92 bits per heavy atom. The average molecular weight is 370 g/mol. The molecule has 5 N–H and O–H groups in total. The molecule has 0 atom stereocenters. The first-order valence-electron chi connectivity index (χ1n) is 8.36. The van der Waals surface area contributed by atoms with Crippen molar-refractivity contribution in [3.8, 4) is 0 Å². The van der Waals surface area contributed by atoms with E-state index in [2.05, 4.69) is 5.32 Å². The Morgan fingerprint density at radius 2 is 2.23 bits per heavy atom. The predicted molar refractivity (Wildman–Crippen MR) is 105 cm³/mol. The first-order chi connectivity index (χ1) is 12.4. The molecule has 0 saturated heterocycles. The third kappa shape index (κ3) is 4.08. The number of amides is 1. The molecule has 0 radical (unpaired) electrons. The molecule has 0 aliphatic heterocycles. The minimum absolute atomic E-state index is 0.105. The van der Waals surface area contributed by atoms with Gasteiger partial charge in [-0.3, -0.25) is 10.2 Å². The van der Waals surface area contributed by atoms with Gasteiger partial charge in [0.05, 0.1) is 12.0 Å². The largest absolute Gasteiger partial charge is 0.398 e. The van der Waals surface area contributed by atoms with Crippen molar-refractivity contribution in [3.63, 3.8) is 0 Å². The van der Waals surface area contributed by atoms with Gasteiger partial charge in [0.1, 0.15) is 5.83 Å². The molecule has 0 unspecified atom stereocenters. The number of carbonyl (C=O) groups is 1. The second-order valence-electron chi connectivity index (χ2n) is 6.27. The summed E-state index contributed by atoms with van der Waals surface area (Å²) in [5.41, 5.74) is 9.95. The summed E-state index contributed by atoms with van der Waals surface area (Å²) in [5, 5.41) is 11.1. The third-order valence-electron chi connectivity index (χ3n) is 4.29. The highest BCUT2D eigenvalue weighted by Gasteiger charge is 2.21. The van der Waals surface area contributed by atoms with Crippen molar-refractivity contribution < 1.29 is 14.6 Å². The van der Waals surface area contributed by atoms with E-state index in [9.17, 15) is 9.18 Å². The van der Waals surface area contributed by atoms with Crippen molar-refractivity contribution in [2.75, 3.05) is 11.1 Å². The molecular weight excluding hydrogens is 349 g/mol. The fourth-order valence-electron chi connectivity index (χ4n) is 2.92. The molecule has 3 rings (SSSR count). The molecule has 1 aromatic heterocycles. The van der Waals surface area contributed by atoms with Gasteiger partial charge in [-0.2, -0.15) is 0 Å². The standard InChI is InChI=1S/C20H20FN3OS/c1-12-8-15(24-18(25)11-16-6-3-7-26-16)10-17(19(12)22)20(23)13-4-2-5-14(21)9-13/h3,5-10,23H,2,4,11,22H2,1H3,(H,24,25)/p+1. The van der Waals surface area contributed by atoms with Crippen molar-refractivity contribution >= 4 is 34.3 Å². The van der Waals surface area contributed by atoms with Gasteiger partial charge in [0, 0.05) is 21.8 Å². The van der Waals surface area contributed by atoms with Gasteiger partial charge in [-0.15, -0.1) is 11.3 Å². The van der Waals surface area contributed by atoms with Crippen LogP contribution in [-0.4, -0.2) is 11.6 Å². The fourth-order valence-corrected chi connectivity index (χ4v) is 3.62. The van der Waals surface area contributed by atoms with Gasteiger partial charge in [0.15, 0.2) is 0 Å². The van der Waals surface area contributed by atoms with Gasteiger partial charge in [0.2, 0.25) is 11.6 Å². The minimum Gasteiger partial charge on any atom is -0.398 e. The van der Waals surface area contributed by atoms with Crippen LogP contribution < -0.4 is 16.5 Å². The van der Waals surface area contributed by atoms with Gasteiger partial charge >= 0.3 is 0 Å². The molecule has 1 aromatic carbocycles. The van der Waals surface area contributed by atoms with E-state index in [1.807, 2.05) is 30.5 Å². The zero-order chi connectivity index (χ0) is 18.7. The number of halogens is 1. The van der Waals surface area contributed by atoms with E-state index < -0.39 is 0 Å². The van der Waals surface area contributed by atoms with Crippen LogP contribution in [0.15, 0.2) is 53.2 Å². The smallest absolute Gasteiger partial charge is 0.229 e. The SMILES string of the molecule is Cc1cc(NC(=O)Cc2cccs2)cc(C(=[NH2+])C2=CC(F)=CCC2)c1N. The number of anilines is 2. The van der Waals surface area contributed by atoms with Crippen molar-refractivity contribution in [3.05, 3.63) is 69.2 Å². The third-order valence-corrected chi connectivity index (χ3v) is 5.16. The Morgan fingerprint density at radius 1 is 1.42 bits per heavy atom. The summed E-state index contributed by atoms with van der Waals surface area (Å²) in [5.74, 6) is -0.392. The van der Waals surface area contributed by atoms with Crippen LogP contribution in [0, 0.1) is 6.92 Å². The lowest BCUT2D eigenvalue weighted by Gasteiger charge is -2.14. The number of hydrogen-bond acceptors (Lipinski definition) is 3. The van der Waals surface area contributed by atoms with Gasteiger partial charge in [-0.25, -0.2) is 4.39 Å². The summed E-state index contributed by atoms with van der Waals surface area (Å²) in [6, 6.07) is 7.41. The zero-order valence-electron chi connectivity index (χ0n) is 14.5. The Kier molecular flexibility index (Phi) is 5.32. The van der Waals surface area contributed by atoms with Gasteiger partial charge < -0.3 is 11.1 Å². The highest BCUT2D eigenvalue weighted by Crippen LogP contribution is 2.28. The zero-order valence-corrected chi connectivity index (χ0v) is 15.3. The molecule has 1 amide bonds. The van der Waals surface area contributed by atoms with Crippen LogP contribution in [0.1, 0.15) is 28.8 Å². The maximum absolute atomic E-state index is 13.5. The van der Waals surface area contributed by atoms with E-state index in [0.717, 1.165) is 16.0 Å². The molecule has 0 fully saturated rings. The molecule has 6 heteroatoms. The molecule has 0 saturated carbocycles. The molecular formula is C20H21FN3OS+. The summed E-state index contributed by atoms with van der Waals surface area (Å²) in [6.45, 7) is 1.86. The molecule has 26 heavy (non-hydrogen) atoms. The second kappa shape index (κ2) is 7.66. The normalized spacial score (nSPS) is 13.8. The lowest BCUT2D eigenvalue weighted by Crippen LogP contribution is -2.42. The number of rotatable bonds is 5. The first-order valence-corrected chi connectivity index (χ1v) is 9.23. The highest BCUT2D eigenvalue weighted by atomic mass is 32.1. The van der Waals surface area contributed by atoms with Crippen LogP contribution >= 0.6 is 11.3 Å². The number of benzene rings is 1. The summed E-state index contributed by atoms with van der Waals surface area (Å²) >= 11 is 1.54. The molecule has 0 spiro atoms. The van der Waals surface area contributed by atoms with Crippen LogP contribution in [-0.2, 0) is 11.2 Å². The quantitative estimate of drug-likeness (QED) is 0.559. The van der Waals surface area contributed by atoms with Crippen molar-refractivity contribution in [1.82, 2.24) is 0 Å². The number of nitrogens with two attached hydrogens (primary N) is 2. The Balaban J connectivity index is 1.84. The number of hydrogen-bond donors (Lipinski definition) is 3. The molecule has 0 bridgehead atoms. The molecule has 4 nitrogen and oxygen atoms in total. The van der Waals surface area contributed by atoms with Gasteiger partial charge in [-0.1, -0.05) is 6.07 Å². The lowest BCUT2D eigenvalue weighted by molar-refractivity contribution is -0.115. The van der Waals surface area contributed by atoms with Gasteiger partial charge in [-0.05, 0) is 61.1 Å². The van der Waals surface area contributed by atoms with Crippen LogP contribution in [0.2, 0.25) is 0 Å². The molecule has 1 aliphatic carbocycles. The first kappa shape index (κ1) is 18.1. The number of carbonyl (C=O) groups excluding carboxylic acids is 1. The summed E-state index contributed by atoms with van der Waals surface area (Å²) in [4.78, 5) is 13.3. The van der Waals surface area contributed by atoms with Crippen LogP contribution in [0.25, 0.3) is 0 Å². The summed E-state index contributed by atoms with van der Waals surface area (Å²) < 4.78 is 13.5. The lowest BCUT2D eigenvalue weighted by atomic mass is 9.92. The summed E-state index contributed by atoms with van der Waals surface area (Å²) in [7, 11) is 0. The maximum atomic E-state index is 13.5. The molecule has 2 aromatic rings. The van der Waals surface area contributed by atoms with Crippen molar-refractivity contribution in [2.45, 2.75) is 26.2 Å². The van der Waals surface area contributed by atoms with E-state index in [1.54, 1.807) is 17.4 Å². The Hall–Kier alpha value is -2.73. The fraction of sp³-hybridized carbons (Fsp3) is 0.200. The van der Waals surface area contributed by atoms with Crippen LogP contribution in [0.3, 0.4) is 0 Å².